The van der Waals surface area contributed by atoms with E-state index in [9.17, 15) is 13.2 Å². The molecule has 0 radical (unpaired) electrons. The fourth-order valence-corrected chi connectivity index (χ4v) is 3.17. The number of hydrogen-bond acceptors (Lipinski definition) is 4. The third-order valence-electron chi connectivity index (χ3n) is 3.10. The summed E-state index contributed by atoms with van der Waals surface area (Å²) < 4.78 is 30.3. The van der Waals surface area contributed by atoms with Gasteiger partial charge in [0.25, 0.3) is 0 Å². The first-order valence-corrected chi connectivity index (χ1v) is 8.92. The van der Waals surface area contributed by atoms with E-state index >= 15 is 0 Å². The van der Waals surface area contributed by atoms with Crippen LogP contribution in [0, 0.1) is 5.92 Å². The Hall–Kier alpha value is -1.76. The van der Waals surface area contributed by atoms with Gasteiger partial charge in [-0.15, -0.1) is 0 Å². The van der Waals surface area contributed by atoms with Gasteiger partial charge in [0.05, 0.1) is 19.1 Å². The van der Waals surface area contributed by atoms with Crippen molar-refractivity contribution in [3.05, 3.63) is 24.3 Å². The maximum Gasteiger partial charge on any atom is 0.243 e. The molecule has 1 rings (SSSR count). The summed E-state index contributed by atoms with van der Waals surface area (Å²) in [4.78, 5) is 12.2. The summed E-state index contributed by atoms with van der Waals surface area (Å²) in [6, 6.07) is 5.72. The van der Waals surface area contributed by atoms with Crippen molar-refractivity contribution in [3.8, 4) is 5.75 Å². The number of nitrogens with one attached hydrogen (secondary N) is 1. The van der Waals surface area contributed by atoms with Gasteiger partial charge in [0, 0.05) is 6.54 Å². The lowest BCUT2D eigenvalue weighted by molar-refractivity contribution is -0.121. The van der Waals surface area contributed by atoms with Gasteiger partial charge in [-0.2, -0.15) is 0 Å². The van der Waals surface area contributed by atoms with Crippen molar-refractivity contribution >= 4 is 21.6 Å². The molecule has 0 saturated heterocycles. The topological polar surface area (TPSA) is 75.7 Å². The molecule has 0 unspecified atom stereocenters. The number of hydrogen-bond donors (Lipinski definition) is 1. The molecule has 0 heterocycles. The Morgan fingerprint density at radius 1 is 1.23 bits per heavy atom. The number of rotatable bonds is 7. The summed E-state index contributed by atoms with van der Waals surface area (Å²) in [7, 11) is -2.06. The van der Waals surface area contributed by atoms with E-state index in [-0.39, 0.29) is 5.91 Å². The van der Waals surface area contributed by atoms with Gasteiger partial charge < -0.3 is 10.1 Å². The molecular formula is C15H24N2O4S. The molecule has 1 aromatic carbocycles. The zero-order valence-corrected chi connectivity index (χ0v) is 14.5. The Kier molecular flexibility index (Phi) is 6.22. The Morgan fingerprint density at radius 2 is 1.77 bits per heavy atom. The molecule has 0 fully saturated rings. The lowest BCUT2D eigenvalue weighted by Gasteiger charge is -2.28. The summed E-state index contributed by atoms with van der Waals surface area (Å²) >= 11 is 0. The van der Waals surface area contributed by atoms with Crippen molar-refractivity contribution in [1.82, 2.24) is 5.32 Å². The standard InChI is InChI=1S/C15H24N2O4S/c1-11(2)10-16-15(18)12(3)17(22(5,19)20)13-6-8-14(21-4)9-7-13/h6-9,11-12H,10H2,1-5H3,(H,16,18)/t12-/m1/s1. The smallest absolute Gasteiger partial charge is 0.243 e. The number of carbonyl (C=O) groups is 1. The quantitative estimate of drug-likeness (QED) is 0.825. The molecule has 1 N–H and O–H groups in total. The molecule has 0 aliphatic heterocycles. The van der Waals surface area contributed by atoms with E-state index in [0.717, 1.165) is 10.6 Å². The lowest BCUT2D eigenvalue weighted by atomic mass is 10.2. The van der Waals surface area contributed by atoms with Crippen LogP contribution in [0.3, 0.4) is 0 Å². The van der Waals surface area contributed by atoms with E-state index in [1.807, 2.05) is 13.8 Å². The maximum atomic E-state index is 12.2. The molecule has 1 aromatic rings. The Balaban J connectivity index is 3.05. The van der Waals surface area contributed by atoms with Gasteiger partial charge >= 0.3 is 0 Å². The molecule has 124 valence electrons. The number of benzene rings is 1. The molecule has 0 bridgehead atoms. The average molecular weight is 328 g/mol. The van der Waals surface area contributed by atoms with E-state index in [1.54, 1.807) is 31.2 Å². The minimum absolute atomic E-state index is 0.295. The second-order valence-corrected chi connectivity index (χ2v) is 7.43. The lowest BCUT2D eigenvalue weighted by Crippen LogP contribution is -2.48. The Morgan fingerprint density at radius 3 is 2.18 bits per heavy atom. The minimum Gasteiger partial charge on any atom is -0.497 e. The van der Waals surface area contributed by atoms with Crippen LogP contribution in [0.5, 0.6) is 5.75 Å². The fourth-order valence-electron chi connectivity index (χ4n) is 1.99. The van der Waals surface area contributed by atoms with Crippen molar-refractivity contribution in [2.24, 2.45) is 5.92 Å². The van der Waals surface area contributed by atoms with Crippen molar-refractivity contribution in [2.45, 2.75) is 26.8 Å². The molecule has 0 aromatic heterocycles. The monoisotopic (exact) mass is 328 g/mol. The predicted octanol–water partition coefficient (Wildman–Crippen LogP) is 1.62. The number of carbonyl (C=O) groups excluding carboxylic acids is 1. The van der Waals surface area contributed by atoms with Crippen LogP contribution in [0.4, 0.5) is 5.69 Å². The summed E-state index contributed by atoms with van der Waals surface area (Å²) in [5.74, 6) is 0.591. The summed E-state index contributed by atoms with van der Waals surface area (Å²) in [5, 5.41) is 2.76. The van der Waals surface area contributed by atoms with Gasteiger partial charge in [0.2, 0.25) is 15.9 Å². The molecule has 0 aliphatic rings. The van der Waals surface area contributed by atoms with Crippen LogP contribution in [0.1, 0.15) is 20.8 Å². The molecule has 0 aliphatic carbocycles. The molecule has 6 nitrogen and oxygen atoms in total. The second kappa shape index (κ2) is 7.49. The van der Waals surface area contributed by atoms with Gasteiger partial charge in [0.15, 0.2) is 0 Å². The van der Waals surface area contributed by atoms with Crippen LogP contribution < -0.4 is 14.4 Å². The summed E-state index contributed by atoms with van der Waals surface area (Å²) in [6.45, 7) is 6.02. The number of ether oxygens (including phenoxy) is 1. The Labute approximate surface area is 132 Å². The highest BCUT2D eigenvalue weighted by Crippen LogP contribution is 2.23. The third-order valence-corrected chi connectivity index (χ3v) is 4.34. The van der Waals surface area contributed by atoms with Crippen molar-refractivity contribution in [1.29, 1.82) is 0 Å². The van der Waals surface area contributed by atoms with Gasteiger partial charge in [-0.3, -0.25) is 9.10 Å². The highest BCUT2D eigenvalue weighted by atomic mass is 32.2. The van der Waals surface area contributed by atoms with Crippen LogP contribution in [-0.2, 0) is 14.8 Å². The fraction of sp³-hybridized carbons (Fsp3) is 0.533. The number of nitrogens with zero attached hydrogens (tertiary/aromatic N) is 1. The largest absolute Gasteiger partial charge is 0.497 e. The van der Waals surface area contributed by atoms with Gasteiger partial charge in [0.1, 0.15) is 11.8 Å². The Bertz CT molecular complexity index is 596. The normalized spacial score (nSPS) is 12.8. The number of amides is 1. The van der Waals surface area contributed by atoms with Crippen LogP contribution >= 0.6 is 0 Å². The van der Waals surface area contributed by atoms with Crippen LogP contribution in [0.2, 0.25) is 0 Å². The molecule has 1 amide bonds. The van der Waals surface area contributed by atoms with Crippen LogP contribution in [0.25, 0.3) is 0 Å². The molecule has 7 heteroatoms. The molecular weight excluding hydrogens is 304 g/mol. The van der Waals surface area contributed by atoms with E-state index in [1.165, 1.54) is 7.11 Å². The van der Waals surface area contributed by atoms with Crippen LogP contribution in [-0.4, -0.2) is 40.3 Å². The zero-order valence-electron chi connectivity index (χ0n) is 13.7. The molecule has 22 heavy (non-hydrogen) atoms. The van der Waals surface area contributed by atoms with Gasteiger partial charge in [-0.05, 0) is 37.1 Å². The summed E-state index contributed by atoms with van der Waals surface area (Å²) in [5.41, 5.74) is 0.426. The predicted molar refractivity (Wildman–Crippen MR) is 87.6 cm³/mol. The van der Waals surface area contributed by atoms with Crippen molar-refractivity contribution < 1.29 is 17.9 Å². The van der Waals surface area contributed by atoms with Crippen molar-refractivity contribution in [2.75, 3.05) is 24.2 Å². The highest BCUT2D eigenvalue weighted by molar-refractivity contribution is 7.92. The number of methoxy groups -OCH3 is 1. The van der Waals surface area contributed by atoms with E-state index in [2.05, 4.69) is 5.32 Å². The zero-order chi connectivity index (χ0) is 16.9. The third kappa shape index (κ3) is 4.91. The average Bonchev–Trinajstić information content (AvgIpc) is 2.44. The van der Waals surface area contributed by atoms with E-state index in [0.29, 0.717) is 23.9 Å². The van der Waals surface area contributed by atoms with Gasteiger partial charge in [-0.1, -0.05) is 13.8 Å². The first kappa shape index (κ1) is 18.3. The SMILES string of the molecule is COc1ccc(N([C@H](C)C(=O)NCC(C)C)S(C)(=O)=O)cc1. The molecule has 0 saturated carbocycles. The molecule has 0 spiro atoms. The van der Waals surface area contributed by atoms with Crippen LogP contribution in [0.15, 0.2) is 24.3 Å². The first-order valence-electron chi connectivity index (χ1n) is 7.08. The molecule has 1 atom stereocenters. The van der Waals surface area contributed by atoms with Crippen molar-refractivity contribution in [3.63, 3.8) is 0 Å². The highest BCUT2D eigenvalue weighted by Gasteiger charge is 2.28. The minimum atomic E-state index is -3.59. The van der Waals surface area contributed by atoms with E-state index < -0.39 is 16.1 Å². The first-order chi connectivity index (χ1) is 10.2. The van der Waals surface area contributed by atoms with E-state index in [4.69, 9.17) is 4.74 Å². The van der Waals surface area contributed by atoms with Gasteiger partial charge in [-0.25, -0.2) is 8.42 Å². The maximum absolute atomic E-state index is 12.2. The second-order valence-electron chi connectivity index (χ2n) is 5.57. The summed E-state index contributed by atoms with van der Waals surface area (Å²) in [6.07, 6.45) is 1.09. The number of sulfonamides is 1. The number of anilines is 1.